The largest absolute Gasteiger partial charge is 0.497 e. The highest BCUT2D eigenvalue weighted by Crippen LogP contribution is 2.43. The van der Waals surface area contributed by atoms with Crippen molar-refractivity contribution in [3.63, 3.8) is 0 Å². The van der Waals surface area contributed by atoms with E-state index in [2.05, 4.69) is 9.80 Å². The number of ketones is 1. The summed E-state index contributed by atoms with van der Waals surface area (Å²) in [6.45, 7) is 8.70. The molecule has 0 radical (unpaired) electrons. The summed E-state index contributed by atoms with van der Waals surface area (Å²) in [6.07, 6.45) is 3.84. The maximum atomic E-state index is 13.4. The van der Waals surface area contributed by atoms with Gasteiger partial charge in [-0.1, -0.05) is 0 Å². The summed E-state index contributed by atoms with van der Waals surface area (Å²) < 4.78 is 25.2. The lowest BCUT2D eigenvalue weighted by atomic mass is 10.00. The van der Waals surface area contributed by atoms with Crippen LogP contribution in [0, 0.1) is 6.92 Å². The van der Waals surface area contributed by atoms with Crippen molar-refractivity contribution >= 4 is 22.8 Å². The topological polar surface area (TPSA) is 65.4 Å². The summed E-state index contributed by atoms with van der Waals surface area (Å²) >= 11 is 0. The van der Waals surface area contributed by atoms with Crippen LogP contribution in [0.25, 0.3) is 17.0 Å². The number of carbonyl (C=O) groups excluding carboxylic acids is 1. The Balaban J connectivity index is 1.25. The van der Waals surface area contributed by atoms with E-state index in [1.807, 2.05) is 55.1 Å². The van der Waals surface area contributed by atoms with Gasteiger partial charge in [0.15, 0.2) is 5.76 Å². The number of aromatic nitrogens is 1. The van der Waals surface area contributed by atoms with Crippen LogP contribution < -0.4 is 14.2 Å². The molecule has 0 amide bonds. The zero-order chi connectivity index (χ0) is 24.8. The molecule has 0 unspecified atom stereocenters. The van der Waals surface area contributed by atoms with Gasteiger partial charge in [0.1, 0.15) is 24.0 Å². The predicted octanol–water partition coefficient (Wildman–Crippen LogP) is 3.60. The average molecular weight is 490 g/mol. The van der Waals surface area contributed by atoms with Gasteiger partial charge in [-0.05, 0) is 37.3 Å². The maximum absolute atomic E-state index is 13.4. The Hall–Kier alpha value is -3.33. The first-order valence-electron chi connectivity index (χ1n) is 12.4. The van der Waals surface area contributed by atoms with Crippen molar-refractivity contribution < 1.29 is 23.7 Å². The van der Waals surface area contributed by atoms with E-state index in [1.54, 1.807) is 7.11 Å². The van der Waals surface area contributed by atoms with Crippen molar-refractivity contribution in [2.75, 3.05) is 53.2 Å². The van der Waals surface area contributed by atoms with E-state index in [4.69, 9.17) is 18.9 Å². The molecule has 0 saturated carbocycles. The minimum Gasteiger partial charge on any atom is -0.497 e. The molecule has 4 heterocycles. The van der Waals surface area contributed by atoms with Gasteiger partial charge in [-0.3, -0.25) is 14.6 Å². The lowest BCUT2D eigenvalue weighted by molar-refractivity contribution is 0.0239. The summed E-state index contributed by atoms with van der Waals surface area (Å²) in [4.78, 5) is 18.1. The van der Waals surface area contributed by atoms with Crippen LogP contribution >= 0.6 is 0 Å². The zero-order valence-electron chi connectivity index (χ0n) is 21.0. The number of allylic oxidation sites excluding steroid dienone is 1. The summed E-state index contributed by atoms with van der Waals surface area (Å²) in [5.41, 5.74) is 4.49. The molecule has 188 valence electrons. The van der Waals surface area contributed by atoms with Crippen LogP contribution in [0.1, 0.15) is 27.0 Å². The number of aryl methyl sites for hydroxylation is 1. The van der Waals surface area contributed by atoms with E-state index in [0.717, 1.165) is 85.0 Å². The third-order valence-electron chi connectivity index (χ3n) is 7.35. The number of fused-ring (bicyclic) bond motifs is 3. The van der Waals surface area contributed by atoms with Crippen LogP contribution in [0.15, 0.2) is 36.2 Å². The first-order chi connectivity index (χ1) is 17.5. The van der Waals surface area contributed by atoms with Gasteiger partial charge in [0, 0.05) is 73.6 Å². The van der Waals surface area contributed by atoms with Crippen LogP contribution in [0.5, 0.6) is 17.2 Å². The van der Waals surface area contributed by atoms with E-state index < -0.39 is 0 Å². The lowest BCUT2D eigenvalue weighted by Gasteiger charge is -2.33. The highest BCUT2D eigenvalue weighted by atomic mass is 16.5. The van der Waals surface area contributed by atoms with Crippen molar-refractivity contribution in [3.05, 3.63) is 58.5 Å². The fraction of sp³-hybridized carbons (Fsp3) is 0.393. The molecule has 0 N–H and O–H groups in total. The summed E-state index contributed by atoms with van der Waals surface area (Å²) in [5.74, 6) is 2.44. The van der Waals surface area contributed by atoms with Crippen LogP contribution in [0.3, 0.4) is 0 Å². The first kappa shape index (κ1) is 23.1. The maximum Gasteiger partial charge on any atom is 0.231 e. The Morgan fingerprint density at radius 1 is 1.08 bits per heavy atom. The molecule has 36 heavy (non-hydrogen) atoms. The normalized spacial score (nSPS) is 19.3. The number of methoxy groups -OCH3 is 1. The number of nitrogens with zero attached hydrogens (tertiary/aromatic N) is 3. The molecule has 8 heteroatoms. The van der Waals surface area contributed by atoms with E-state index in [0.29, 0.717) is 23.8 Å². The Morgan fingerprint density at radius 2 is 1.89 bits per heavy atom. The zero-order valence-corrected chi connectivity index (χ0v) is 21.0. The second-order valence-electron chi connectivity index (χ2n) is 9.66. The van der Waals surface area contributed by atoms with Crippen molar-refractivity contribution in [1.82, 2.24) is 14.4 Å². The number of carbonyl (C=O) groups is 1. The average Bonchev–Trinajstić information content (AvgIpc) is 3.39. The van der Waals surface area contributed by atoms with E-state index in [-0.39, 0.29) is 5.78 Å². The van der Waals surface area contributed by atoms with Gasteiger partial charge in [0.2, 0.25) is 5.78 Å². The lowest BCUT2D eigenvalue weighted by Crippen LogP contribution is -2.43. The van der Waals surface area contributed by atoms with E-state index in [1.165, 1.54) is 0 Å². The van der Waals surface area contributed by atoms with Gasteiger partial charge in [-0.15, -0.1) is 0 Å². The van der Waals surface area contributed by atoms with Gasteiger partial charge >= 0.3 is 0 Å². The molecule has 3 aromatic rings. The standard InChI is InChI=1S/C28H31N3O5/c1-18-27-20(16-31(17-35-27)7-6-30-8-10-34-11-9-30)12-23-26(32)25(36-28(18)23)13-19-15-29(2)24-5-4-21(33-3)14-22(19)24/h4-5,12-15H,6-11,16-17H2,1-3H3/b25-13-. The molecule has 0 atom stereocenters. The van der Waals surface area contributed by atoms with Crippen LogP contribution in [0.4, 0.5) is 0 Å². The van der Waals surface area contributed by atoms with Gasteiger partial charge in [0.25, 0.3) is 0 Å². The highest BCUT2D eigenvalue weighted by molar-refractivity contribution is 6.15. The van der Waals surface area contributed by atoms with E-state index in [9.17, 15) is 4.79 Å². The molecule has 1 fully saturated rings. The highest BCUT2D eigenvalue weighted by Gasteiger charge is 2.34. The minimum atomic E-state index is -0.0961. The quantitative estimate of drug-likeness (QED) is 0.508. The molecule has 2 aromatic carbocycles. The Morgan fingerprint density at radius 3 is 2.69 bits per heavy atom. The number of benzene rings is 2. The fourth-order valence-corrected chi connectivity index (χ4v) is 5.33. The number of ether oxygens (including phenoxy) is 4. The van der Waals surface area contributed by atoms with E-state index >= 15 is 0 Å². The SMILES string of the molecule is COc1ccc2c(c1)c(/C=C1\Oc3c(cc4c(c3C)OCN(CCN3CCOCC3)C4)C1=O)cn2C. The van der Waals surface area contributed by atoms with Crippen LogP contribution in [-0.4, -0.2) is 73.4 Å². The minimum absolute atomic E-state index is 0.0961. The molecule has 0 spiro atoms. The van der Waals surface area contributed by atoms with Gasteiger partial charge in [-0.25, -0.2) is 0 Å². The monoisotopic (exact) mass is 489 g/mol. The Labute approximate surface area is 210 Å². The first-order valence-corrected chi connectivity index (χ1v) is 12.4. The third-order valence-corrected chi connectivity index (χ3v) is 7.35. The molecule has 0 bridgehead atoms. The molecule has 1 aromatic heterocycles. The van der Waals surface area contributed by atoms with Crippen LogP contribution in [0.2, 0.25) is 0 Å². The van der Waals surface area contributed by atoms with Gasteiger partial charge in [-0.2, -0.15) is 0 Å². The molecule has 3 aliphatic heterocycles. The summed E-state index contributed by atoms with van der Waals surface area (Å²) in [7, 11) is 3.64. The van der Waals surface area contributed by atoms with Crippen molar-refractivity contribution in [1.29, 1.82) is 0 Å². The Bertz CT molecular complexity index is 1370. The number of hydrogen-bond acceptors (Lipinski definition) is 7. The molecule has 3 aliphatic rings. The molecule has 0 aliphatic carbocycles. The van der Waals surface area contributed by atoms with Crippen molar-refractivity contribution in [3.8, 4) is 17.2 Å². The number of rotatable bonds is 5. The van der Waals surface area contributed by atoms with Gasteiger partial charge < -0.3 is 23.5 Å². The smallest absolute Gasteiger partial charge is 0.231 e. The predicted molar refractivity (Wildman–Crippen MR) is 137 cm³/mol. The van der Waals surface area contributed by atoms with Crippen molar-refractivity contribution in [2.45, 2.75) is 13.5 Å². The molecule has 6 rings (SSSR count). The van der Waals surface area contributed by atoms with Gasteiger partial charge in [0.05, 0.1) is 25.9 Å². The summed E-state index contributed by atoms with van der Waals surface area (Å²) in [5, 5.41) is 1.01. The van der Waals surface area contributed by atoms with Crippen molar-refractivity contribution in [2.24, 2.45) is 7.05 Å². The molecular formula is C28H31N3O5. The molecule has 8 nitrogen and oxygen atoms in total. The number of hydrogen-bond donors (Lipinski definition) is 0. The fourth-order valence-electron chi connectivity index (χ4n) is 5.33. The number of Topliss-reactive ketones (excluding diaryl/α,β-unsaturated/α-hetero) is 1. The van der Waals surface area contributed by atoms with Crippen LogP contribution in [-0.2, 0) is 18.3 Å². The molecule has 1 saturated heterocycles. The third kappa shape index (κ3) is 4.05. The molecular weight excluding hydrogens is 458 g/mol. The Kier molecular flexibility index (Phi) is 5.95. The number of morpholine rings is 1. The summed E-state index contributed by atoms with van der Waals surface area (Å²) in [6, 6.07) is 7.89. The second kappa shape index (κ2) is 9.28. The second-order valence-corrected chi connectivity index (χ2v) is 9.66.